The Bertz CT molecular complexity index is 363. The molecule has 0 atom stereocenters. The van der Waals surface area contributed by atoms with E-state index in [0.717, 1.165) is 0 Å². The Kier molecular flexibility index (Phi) is 3.01. The molecule has 0 spiro atoms. The van der Waals surface area contributed by atoms with Crippen molar-refractivity contribution in [2.45, 2.75) is 6.92 Å². The van der Waals surface area contributed by atoms with Crippen molar-refractivity contribution >= 4 is 5.97 Å². The number of aromatic hydroxyl groups is 1. The fraction of sp³-hybridized carbons (Fsp3) is 0.222. The number of rotatable bonds is 2. The molecule has 0 aliphatic heterocycles. The molecule has 0 radical (unpaired) electrons. The zero-order valence-corrected chi connectivity index (χ0v) is 7.38. The molecular weight excluding hydrogens is 194 g/mol. The first-order valence-electron chi connectivity index (χ1n) is 3.91. The summed E-state index contributed by atoms with van der Waals surface area (Å²) in [6, 6.07) is 1.13. The Balaban J connectivity index is 3.09. The lowest BCUT2D eigenvalue weighted by molar-refractivity contribution is 0.0520. The number of phenols is 1. The monoisotopic (exact) mass is 202 g/mol. The number of benzene rings is 1. The van der Waals surface area contributed by atoms with E-state index in [0.29, 0.717) is 12.1 Å². The van der Waals surface area contributed by atoms with Crippen molar-refractivity contribution in [3.8, 4) is 5.75 Å². The summed E-state index contributed by atoms with van der Waals surface area (Å²) in [6.45, 7) is 1.62. The topological polar surface area (TPSA) is 46.5 Å². The molecule has 0 saturated heterocycles. The number of carbonyl (C=O) groups excluding carboxylic acids is 1. The van der Waals surface area contributed by atoms with Crippen LogP contribution in [-0.4, -0.2) is 17.7 Å². The van der Waals surface area contributed by atoms with Crippen LogP contribution in [0.3, 0.4) is 0 Å². The molecular formula is C9H8F2O3. The predicted molar refractivity (Wildman–Crippen MR) is 44.0 cm³/mol. The Morgan fingerprint density at radius 2 is 2.07 bits per heavy atom. The second-order valence-corrected chi connectivity index (χ2v) is 2.50. The molecule has 0 bridgehead atoms. The van der Waals surface area contributed by atoms with Gasteiger partial charge in [-0.05, 0) is 13.0 Å². The normalized spacial score (nSPS) is 9.93. The minimum atomic E-state index is -1.06. The van der Waals surface area contributed by atoms with Crippen LogP contribution in [0.4, 0.5) is 8.78 Å². The van der Waals surface area contributed by atoms with E-state index in [1.165, 1.54) is 0 Å². The van der Waals surface area contributed by atoms with E-state index in [4.69, 9.17) is 5.11 Å². The predicted octanol–water partition coefficient (Wildman–Crippen LogP) is 1.85. The van der Waals surface area contributed by atoms with Gasteiger partial charge >= 0.3 is 5.97 Å². The van der Waals surface area contributed by atoms with Gasteiger partial charge in [0, 0.05) is 6.07 Å². The molecule has 0 aliphatic carbocycles. The smallest absolute Gasteiger partial charge is 0.341 e. The van der Waals surface area contributed by atoms with Crippen molar-refractivity contribution in [2.75, 3.05) is 6.61 Å². The van der Waals surface area contributed by atoms with Crippen molar-refractivity contribution in [3.63, 3.8) is 0 Å². The quantitative estimate of drug-likeness (QED) is 0.744. The summed E-state index contributed by atoms with van der Waals surface area (Å²) < 4.78 is 30.2. The van der Waals surface area contributed by atoms with Crippen LogP contribution >= 0.6 is 0 Å². The van der Waals surface area contributed by atoms with Crippen LogP contribution in [0.5, 0.6) is 5.75 Å². The number of esters is 1. The Morgan fingerprint density at radius 1 is 1.43 bits per heavy atom. The molecule has 1 aromatic rings. The lowest BCUT2D eigenvalue weighted by Crippen LogP contribution is -2.07. The summed E-state index contributed by atoms with van der Waals surface area (Å²) in [5.74, 6) is -3.86. The summed E-state index contributed by atoms with van der Waals surface area (Å²) in [5.41, 5.74) is -0.526. The SMILES string of the molecule is CCOC(=O)c1cc(F)c(O)cc1F. The maximum Gasteiger partial charge on any atom is 0.341 e. The molecule has 1 N–H and O–H groups in total. The van der Waals surface area contributed by atoms with Gasteiger partial charge in [0.25, 0.3) is 0 Å². The van der Waals surface area contributed by atoms with Crippen LogP contribution in [0.1, 0.15) is 17.3 Å². The minimum absolute atomic E-state index is 0.0702. The maximum atomic E-state index is 13.0. The highest BCUT2D eigenvalue weighted by molar-refractivity contribution is 5.89. The number of phenolic OH excluding ortho intramolecular Hbond substituents is 1. The van der Waals surface area contributed by atoms with Gasteiger partial charge in [0.05, 0.1) is 12.2 Å². The van der Waals surface area contributed by atoms with Crippen LogP contribution < -0.4 is 0 Å². The molecule has 14 heavy (non-hydrogen) atoms. The number of hydrogen-bond donors (Lipinski definition) is 1. The van der Waals surface area contributed by atoms with Crippen molar-refractivity contribution < 1.29 is 23.4 Å². The number of hydrogen-bond acceptors (Lipinski definition) is 3. The van der Waals surface area contributed by atoms with E-state index in [1.54, 1.807) is 6.92 Å². The Morgan fingerprint density at radius 3 is 2.64 bits per heavy atom. The average molecular weight is 202 g/mol. The third-order valence-corrected chi connectivity index (χ3v) is 1.53. The second kappa shape index (κ2) is 4.04. The summed E-state index contributed by atoms with van der Waals surface area (Å²) in [5, 5.41) is 8.77. The van der Waals surface area contributed by atoms with Crippen LogP contribution in [0.15, 0.2) is 12.1 Å². The summed E-state index contributed by atoms with van der Waals surface area (Å²) >= 11 is 0. The number of halogens is 2. The third kappa shape index (κ3) is 1.99. The first kappa shape index (κ1) is 10.4. The largest absolute Gasteiger partial charge is 0.505 e. The number of ether oxygens (including phenoxy) is 1. The Labute approximate surface area is 78.9 Å². The van der Waals surface area contributed by atoms with E-state index in [1.807, 2.05) is 0 Å². The zero-order valence-electron chi connectivity index (χ0n) is 7.38. The van der Waals surface area contributed by atoms with Gasteiger partial charge in [-0.3, -0.25) is 0 Å². The fourth-order valence-electron chi connectivity index (χ4n) is 0.902. The van der Waals surface area contributed by atoms with E-state index in [2.05, 4.69) is 4.74 Å². The minimum Gasteiger partial charge on any atom is -0.505 e. The lowest BCUT2D eigenvalue weighted by Gasteiger charge is -2.03. The van der Waals surface area contributed by atoms with Gasteiger partial charge in [0.1, 0.15) is 5.82 Å². The van der Waals surface area contributed by atoms with Crippen LogP contribution in [0, 0.1) is 11.6 Å². The van der Waals surface area contributed by atoms with E-state index in [-0.39, 0.29) is 6.61 Å². The average Bonchev–Trinajstić information content (AvgIpc) is 2.11. The standard InChI is InChI=1S/C9H8F2O3/c1-2-14-9(13)5-3-7(11)8(12)4-6(5)10/h3-4,12H,2H2,1H3. The highest BCUT2D eigenvalue weighted by atomic mass is 19.1. The first-order valence-corrected chi connectivity index (χ1v) is 3.91. The van der Waals surface area contributed by atoms with E-state index >= 15 is 0 Å². The maximum absolute atomic E-state index is 13.0. The van der Waals surface area contributed by atoms with E-state index in [9.17, 15) is 13.6 Å². The lowest BCUT2D eigenvalue weighted by atomic mass is 10.2. The molecule has 0 amide bonds. The highest BCUT2D eigenvalue weighted by Crippen LogP contribution is 2.20. The Hall–Kier alpha value is -1.65. The van der Waals surface area contributed by atoms with Crippen LogP contribution in [0.25, 0.3) is 0 Å². The first-order chi connectivity index (χ1) is 6.56. The number of carbonyl (C=O) groups is 1. The molecule has 76 valence electrons. The van der Waals surface area contributed by atoms with Gasteiger partial charge in [-0.25, -0.2) is 13.6 Å². The molecule has 0 aromatic heterocycles. The van der Waals surface area contributed by atoms with Crippen molar-refractivity contribution in [1.82, 2.24) is 0 Å². The van der Waals surface area contributed by atoms with Gasteiger partial charge in [-0.1, -0.05) is 0 Å². The van der Waals surface area contributed by atoms with E-state index < -0.39 is 28.9 Å². The fourth-order valence-corrected chi connectivity index (χ4v) is 0.902. The molecule has 5 heteroatoms. The van der Waals surface area contributed by atoms with Gasteiger partial charge in [0.15, 0.2) is 11.6 Å². The van der Waals surface area contributed by atoms with Gasteiger partial charge < -0.3 is 9.84 Å². The molecule has 0 fully saturated rings. The van der Waals surface area contributed by atoms with Crippen molar-refractivity contribution in [2.24, 2.45) is 0 Å². The summed E-state index contributed by atoms with van der Waals surface area (Å²) in [4.78, 5) is 11.0. The van der Waals surface area contributed by atoms with Gasteiger partial charge in [-0.2, -0.15) is 0 Å². The van der Waals surface area contributed by atoms with Gasteiger partial charge in [-0.15, -0.1) is 0 Å². The summed E-state index contributed by atoms with van der Waals surface area (Å²) in [6.07, 6.45) is 0. The van der Waals surface area contributed by atoms with Crippen molar-refractivity contribution in [3.05, 3.63) is 29.3 Å². The van der Waals surface area contributed by atoms with Gasteiger partial charge in [0.2, 0.25) is 0 Å². The molecule has 0 saturated carbocycles. The molecule has 1 aromatic carbocycles. The molecule has 0 aliphatic rings. The van der Waals surface area contributed by atoms with Crippen LogP contribution in [-0.2, 0) is 4.74 Å². The highest BCUT2D eigenvalue weighted by Gasteiger charge is 2.16. The molecule has 0 heterocycles. The zero-order chi connectivity index (χ0) is 10.7. The molecule has 3 nitrogen and oxygen atoms in total. The summed E-state index contributed by atoms with van der Waals surface area (Å²) in [7, 11) is 0. The third-order valence-electron chi connectivity index (χ3n) is 1.53. The van der Waals surface area contributed by atoms with Crippen molar-refractivity contribution in [1.29, 1.82) is 0 Å². The molecule has 0 unspecified atom stereocenters. The van der Waals surface area contributed by atoms with Crippen LogP contribution in [0.2, 0.25) is 0 Å². The second-order valence-electron chi connectivity index (χ2n) is 2.50. The molecule has 1 rings (SSSR count).